The second kappa shape index (κ2) is 12.5. The van der Waals surface area contributed by atoms with Crippen molar-refractivity contribution in [1.29, 1.82) is 0 Å². The van der Waals surface area contributed by atoms with Gasteiger partial charge in [0, 0.05) is 41.2 Å². The number of amides is 1. The Hall–Kier alpha value is -4.49. The number of imidazole rings is 1. The van der Waals surface area contributed by atoms with E-state index in [1.807, 2.05) is 19.1 Å². The highest BCUT2D eigenvalue weighted by Gasteiger charge is 2.31. The van der Waals surface area contributed by atoms with Gasteiger partial charge in [0.2, 0.25) is 0 Å². The number of rotatable bonds is 8. The van der Waals surface area contributed by atoms with E-state index >= 15 is 0 Å². The van der Waals surface area contributed by atoms with Crippen molar-refractivity contribution >= 4 is 44.7 Å². The Labute approximate surface area is 262 Å². The number of likely N-dealkylation sites (tertiary alicyclic amines) is 1. The lowest BCUT2D eigenvalue weighted by Gasteiger charge is -2.29. The minimum atomic E-state index is -4.50. The highest BCUT2D eigenvalue weighted by Crippen LogP contribution is 2.33. The number of nitrogens with one attached hydrogen (secondary N) is 3. The van der Waals surface area contributed by atoms with E-state index in [2.05, 4.69) is 42.8 Å². The average Bonchev–Trinajstić information content (AvgIpc) is 3.65. The van der Waals surface area contributed by atoms with Gasteiger partial charge in [-0.1, -0.05) is 6.07 Å². The molecule has 1 aliphatic heterocycles. The van der Waals surface area contributed by atoms with Crippen LogP contribution in [-0.2, 0) is 12.7 Å². The second-order valence-corrected chi connectivity index (χ2v) is 12.3. The molecule has 1 saturated heterocycles. The smallest absolute Gasteiger partial charge is 0.381 e. The number of alkyl halides is 3. The molecule has 1 amide bonds. The lowest BCUT2D eigenvalue weighted by Crippen LogP contribution is -2.36. The first-order chi connectivity index (χ1) is 21.5. The van der Waals surface area contributed by atoms with E-state index in [0.29, 0.717) is 45.4 Å². The van der Waals surface area contributed by atoms with E-state index < -0.39 is 11.7 Å². The van der Waals surface area contributed by atoms with Crippen LogP contribution < -0.4 is 16.0 Å². The first-order valence-electron chi connectivity index (χ1n) is 14.6. The van der Waals surface area contributed by atoms with Crippen molar-refractivity contribution in [2.75, 3.05) is 36.1 Å². The van der Waals surface area contributed by atoms with Gasteiger partial charge in [-0.05, 0) is 88.3 Å². The number of anilines is 3. The maximum atomic E-state index is 13.7. The summed E-state index contributed by atoms with van der Waals surface area (Å²) < 4.78 is 43.5. The zero-order valence-corrected chi connectivity index (χ0v) is 25.9. The molecule has 5 aromatic rings. The summed E-state index contributed by atoms with van der Waals surface area (Å²) in [6.07, 6.45) is 2.19. The van der Waals surface area contributed by atoms with Crippen molar-refractivity contribution in [3.05, 3.63) is 88.6 Å². The average molecular weight is 635 g/mol. The van der Waals surface area contributed by atoms with E-state index in [-0.39, 0.29) is 12.5 Å². The number of hydrogen-bond acceptors (Lipinski definition) is 8. The second-order valence-electron chi connectivity index (χ2n) is 11.4. The number of hydrogen-bond donors (Lipinski definition) is 3. The molecule has 0 radical (unpaired) electrons. The summed E-state index contributed by atoms with van der Waals surface area (Å²) in [6.45, 7) is 5.83. The molecule has 1 aliphatic rings. The number of aryl methyl sites for hydroxylation is 2. The van der Waals surface area contributed by atoms with E-state index in [1.165, 1.54) is 24.0 Å². The van der Waals surface area contributed by atoms with E-state index in [0.717, 1.165) is 54.1 Å². The Balaban J connectivity index is 1.18. The number of nitrogens with zero attached hydrogens (tertiary/aromatic N) is 5. The largest absolute Gasteiger partial charge is 0.416 e. The SMILES string of the molecule is Cc1cn(-c2cc(CNc3ccc(C)c(NC(=O)c4csc5c(NC6CCN(C)CC6)ncnc45)c3)cc(C(F)(F)F)c2)cn1. The van der Waals surface area contributed by atoms with Crippen LogP contribution in [0.3, 0.4) is 0 Å². The summed E-state index contributed by atoms with van der Waals surface area (Å²) in [5, 5.41) is 11.5. The minimum Gasteiger partial charge on any atom is -0.381 e. The zero-order valence-electron chi connectivity index (χ0n) is 25.1. The molecule has 0 atom stereocenters. The maximum Gasteiger partial charge on any atom is 0.416 e. The molecule has 9 nitrogen and oxygen atoms in total. The Morgan fingerprint density at radius 2 is 1.87 bits per heavy atom. The van der Waals surface area contributed by atoms with Crippen molar-refractivity contribution in [1.82, 2.24) is 24.4 Å². The monoisotopic (exact) mass is 634 g/mol. The summed E-state index contributed by atoms with van der Waals surface area (Å²) in [7, 11) is 2.12. The Morgan fingerprint density at radius 1 is 1.07 bits per heavy atom. The zero-order chi connectivity index (χ0) is 31.7. The fraction of sp³-hybridized carbons (Fsp3) is 0.312. The van der Waals surface area contributed by atoms with Gasteiger partial charge in [0.1, 0.15) is 12.1 Å². The summed E-state index contributed by atoms with van der Waals surface area (Å²) in [5.41, 5.74) is 3.89. The van der Waals surface area contributed by atoms with Gasteiger partial charge in [-0.2, -0.15) is 13.2 Å². The predicted molar refractivity (Wildman–Crippen MR) is 171 cm³/mol. The topological polar surface area (TPSA) is 100 Å². The highest BCUT2D eigenvalue weighted by molar-refractivity contribution is 7.18. The molecule has 0 saturated carbocycles. The molecule has 45 heavy (non-hydrogen) atoms. The van der Waals surface area contributed by atoms with Gasteiger partial charge in [-0.25, -0.2) is 15.0 Å². The van der Waals surface area contributed by atoms with E-state index in [1.54, 1.807) is 35.2 Å². The van der Waals surface area contributed by atoms with Crippen molar-refractivity contribution in [3.8, 4) is 5.69 Å². The first kappa shape index (κ1) is 30.5. The third-order valence-corrected chi connectivity index (χ3v) is 8.93. The summed E-state index contributed by atoms with van der Waals surface area (Å²) in [5.74, 6) is 0.436. The molecular formula is C32H33F3N8OS. The van der Waals surface area contributed by atoms with Gasteiger partial charge in [-0.3, -0.25) is 4.79 Å². The van der Waals surface area contributed by atoms with Crippen LogP contribution in [0.4, 0.5) is 30.4 Å². The normalized spacial score (nSPS) is 14.5. The minimum absolute atomic E-state index is 0.139. The summed E-state index contributed by atoms with van der Waals surface area (Å²) in [4.78, 5) is 28.8. The van der Waals surface area contributed by atoms with Crippen LogP contribution in [-0.4, -0.2) is 56.5 Å². The Bertz CT molecular complexity index is 1840. The van der Waals surface area contributed by atoms with Gasteiger partial charge in [-0.15, -0.1) is 11.3 Å². The lowest BCUT2D eigenvalue weighted by atomic mass is 10.1. The van der Waals surface area contributed by atoms with Gasteiger partial charge in [0.15, 0.2) is 0 Å². The molecule has 4 heterocycles. The third-order valence-electron chi connectivity index (χ3n) is 7.95. The Kier molecular flexibility index (Phi) is 8.47. The summed E-state index contributed by atoms with van der Waals surface area (Å²) >= 11 is 1.43. The van der Waals surface area contributed by atoms with Gasteiger partial charge < -0.3 is 25.4 Å². The molecule has 3 N–H and O–H groups in total. The van der Waals surface area contributed by atoms with Crippen LogP contribution >= 0.6 is 11.3 Å². The molecule has 0 aliphatic carbocycles. The number of carbonyl (C=O) groups excluding carboxylic acids is 1. The lowest BCUT2D eigenvalue weighted by molar-refractivity contribution is -0.137. The third kappa shape index (κ3) is 6.94. The van der Waals surface area contributed by atoms with Crippen molar-refractivity contribution in [3.63, 3.8) is 0 Å². The van der Waals surface area contributed by atoms with E-state index in [4.69, 9.17) is 0 Å². The van der Waals surface area contributed by atoms with Crippen molar-refractivity contribution < 1.29 is 18.0 Å². The van der Waals surface area contributed by atoms with Gasteiger partial charge in [0.05, 0.1) is 33.4 Å². The molecule has 3 aromatic heterocycles. The molecular weight excluding hydrogens is 601 g/mol. The number of carbonyl (C=O) groups is 1. The molecule has 13 heteroatoms. The first-order valence-corrected chi connectivity index (χ1v) is 15.5. The number of halogens is 3. The standard InChI is InChI=1S/C32H33F3N8OS/c1-19-4-5-24(36-14-21-10-22(32(33,34)35)12-25(11-21)43-15-20(2)39-18-43)13-27(19)41-31(44)26-16-45-29-28(26)37-17-38-30(29)40-23-6-8-42(3)9-7-23/h4-5,10-13,15-18,23,36H,6-9,14H2,1-3H3,(H,41,44)(H,37,38,40). The number of piperidine rings is 1. The van der Waals surface area contributed by atoms with Crippen LogP contribution in [0.25, 0.3) is 15.9 Å². The fourth-order valence-corrected chi connectivity index (χ4v) is 6.32. The maximum absolute atomic E-state index is 13.7. The van der Waals surface area contributed by atoms with E-state index in [9.17, 15) is 18.0 Å². The van der Waals surface area contributed by atoms with Crippen LogP contribution in [0.5, 0.6) is 0 Å². The molecule has 234 valence electrons. The van der Waals surface area contributed by atoms with Crippen LogP contribution in [0.2, 0.25) is 0 Å². The number of benzene rings is 2. The fourth-order valence-electron chi connectivity index (χ4n) is 5.37. The number of fused-ring (bicyclic) bond motifs is 1. The Morgan fingerprint density at radius 3 is 2.60 bits per heavy atom. The van der Waals surface area contributed by atoms with Crippen molar-refractivity contribution in [2.45, 2.75) is 45.5 Å². The molecule has 2 aromatic carbocycles. The summed E-state index contributed by atoms with van der Waals surface area (Å²) in [6, 6.07) is 9.70. The van der Waals surface area contributed by atoms with Crippen LogP contribution in [0.1, 0.15) is 45.6 Å². The van der Waals surface area contributed by atoms with Gasteiger partial charge >= 0.3 is 6.18 Å². The molecule has 0 unspecified atom stereocenters. The predicted octanol–water partition coefficient (Wildman–Crippen LogP) is 6.88. The van der Waals surface area contributed by atoms with Crippen molar-refractivity contribution in [2.24, 2.45) is 0 Å². The highest BCUT2D eigenvalue weighted by atomic mass is 32.1. The molecule has 1 fully saturated rings. The molecule has 0 spiro atoms. The molecule has 6 rings (SSSR count). The van der Waals surface area contributed by atoms with Crippen LogP contribution in [0, 0.1) is 13.8 Å². The number of aromatic nitrogens is 4. The quantitative estimate of drug-likeness (QED) is 0.171. The van der Waals surface area contributed by atoms with Gasteiger partial charge in [0.25, 0.3) is 5.91 Å². The van der Waals surface area contributed by atoms with Crippen LogP contribution in [0.15, 0.2) is 60.6 Å². The molecule has 0 bridgehead atoms. The number of thiophene rings is 1.